The number of halogens is 1. The highest BCUT2D eigenvalue weighted by Crippen LogP contribution is 2.20. The first kappa shape index (κ1) is 28.4. The van der Waals surface area contributed by atoms with Crippen LogP contribution in [0, 0.1) is 12.8 Å². The first-order valence-corrected chi connectivity index (χ1v) is 11.0. The summed E-state index contributed by atoms with van der Waals surface area (Å²) in [5.41, 5.74) is 0.868. The smallest absolute Gasteiger partial charge is 0.308 e. The third-order valence-electron chi connectivity index (χ3n) is 4.81. The van der Waals surface area contributed by atoms with Crippen LogP contribution < -0.4 is 15.4 Å². The van der Waals surface area contributed by atoms with Gasteiger partial charge in [-0.3, -0.25) is 14.4 Å². The van der Waals surface area contributed by atoms with Crippen LogP contribution in [-0.4, -0.2) is 60.5 Å². The van der Waals surface area contributed by atoms with Gasteiger partial charge < -0.3 is 25.2 Å². The zero-order chi connectivity index (χ0) is 25.3. The number of rotatable bonds is 11. The van der Waals surface area contributed by atoms with Crippen LogP contribution in [0.25, 0.3) is 0 Å². The summed E-state index contributed by atoms with van der Waals surface area (Å²) in [5, 5.41) is 15.2. The van der Waals surface area contributed by atoms with E-state index < -0.39 is 54.7 Å². The van der Waals surface area contributed by atoms with Crippen LogP contribution in [0.4, 0.5) is 4.39 Å². The Morgan fingerprint density at radius 3 is 2.30 bits per heavy atom. The maximum atomic E-state index is 13.2. The average Bonchev–Trinajstić information content (AvgIpc) is 2.69. The number of aliphatic hydroxyl groups excluding tert-OH is 1. The van der Waals surface area contributed by atoms with Crippen molar-refractivity contribution in [1.29, 1.82) is 0 Å². The number of carbonyl (C=O) groups excluding carboxylic acids is 3. The molecule has 0 aromatic heterocycles. The zero-order valence-corrected chi connectivity index (χ0v) is 20.5. The van der Waals surface area contributed by atoms with Gasteiger partial charge in [-0.2, -0.15) is 0 Å². The fraction of sp³-hybridized carbons (Fsp3) is 0.625. The Morgan fingerprint density at radius 1 is 1.15 bits per heavy atom. The van der Waals surface area contributed by atoms with Crippen molar-refractivity contribution < 1.29 is 33.4 Å². The molecule has 33 heavy (non-hydrogen) atoms. The molecule has 0 bridgehead atoms. The number of hydrogen-bond acceptors (Lipinski definition) is 6. The number of aryl methyl sites for hydroxylation is 1. The van der Waals surface area contributed by atoms with Gasteiger partial charge in [-0.25, -0.2) is 4.39 Å². The van der Waals surface area contributed by atoms with Crippen LogP contribution in [-0.2, 0) is 25.5 Å². The van der Waals surface area contributed by atoms with Crippen LogP contribution in [0.2, 0.25) is 0 Å². The van der Waals surface area contributed by atoms with Crippen molar-refractivity contribution >= 4 is 17.8 Å². The van der Waals surface area contributed by atoms with Crippen LogP contribution in [0.3, 0.4) is 0 Å². The largest absolute Gasteiger partial charge is 0.496 e. The molecule has 8 nitrogen and oxygen atoms in total. The molecule has 9 heteroatoms. The second kappa shape index (κ2) is 12.5. The molecule has 1 aromatic rings. The minimum absolute atomic E-state index is 0.00417. The standard InChI is InChI=1S/C24H37FN2O6/c1-14(2)22(27-20(29)11-16-10-15(3)8-9-19(16)32-7)23(31)26-17(18(28)13-25)12-21(30)33-24(4,5)6/h8-10,14,17-18,22,28H,11-13H2,1-7H3,(H,26,31)(H,27,29)/t17?,18?,22-/m0/s1. The molecular formula is C24H37FN2O6. The van der Waals surface area contributed by atoms with Gasteiger partial charge in [0.1, 0.15) is 30.2 Å². The number of ether oxygens (including phenoxy) is 2. The van der Waals surface area contributed by atoms with Crippen molar-refractivity contribution in [1.82, 2.24) is 10.6 Å². The molecule has 0 heterocycles. The number of benzene rings is 1. The Kier molecular flexibility index (Phi) is 10.8. The summed E-state index contributed by atoms with van der Waals surface area (Å²) >= 11 is 0. The Balaban J connectivity index is 2.91. The van der Waals surface area contributed by atoms with Gasteiger partial charge in [0.05, 0.1) is 26.0 Å². The number of alkyl halides is 1. The Labute approximate surface area is 195 Å². The summed E-state index contributed by atoms with van der Waals surface area (Å²) in [5.74, 6) is -1.46. The fourth-order valence-corrected chi connectivity index (χ4v) is 3.20. The van der Waals surface area contributed by atoms with E-state index in [1.807, 2.05) is 19.1 Å². The maximum absolute atomic E-state index is 13.2. The highest BCUT2D eigenvalue weighted by atomic mass is 19.1. The van der Waals surface area contributed by atoms with E-state index in [-0.39, 0.29) is 12.3 Å². The third kappa shape index (κ3) is 9.77. The summed E-state index contributed by atoms with van der Waals surface area (Å²) in [4.78, 5) is 37.8. The van der Waals surface area contributed by atoms with E-state index in [1.54, 1.807) is 40.7 Å². The van der Waals surface area contributed by atoms with E-state index in [0.717, 1.165) is 5.56 Å². The van der Waals surface area contributed by atoms with E-state index in [1.165, 1.54) is 7.11 Å². The molecule has 0 aliphatic rings. The third-order valence-corrected chi connectivity index (χ3v) is 4.81. The van der Waals surface area contributed by atoms with E-state index in [4.69, 9.17) is 9.47 Å². The van der Waals surface area contributed by atoms with Gasteiger partial charge in [0.25, 0.3) is 0 Å². The Hall–Kier alpha value is -2.68. The van der Waals surface area contributed by atoms with Crippen LogP contribution >= 0.6 is 0 Å². The van der Waals surface area contributed by atoms with E-state index >= 15 is 0 Å². The van der Waals surface area contributed by atoms with Crippen molar-refractivity contribution in [2.45, 2.75) is 78.2 Å². The average molecular weight is 469 g/mol. The zero-order valence-electron chi connectivity index (χ0n) is 20.5. The fourth-order valence-electron chi connectivity index (χ4n) is 3.20. The predicted octanol–water partition coefficient (Wildman–Crippen LogP) is 2.23. The second-order valence-corrected chi connectivity index (χ2v) is 9.41. The first-order chi connectivity index (χ1) is 15.3. The summed E-state index contributed by atoms with van der Waals surface area (Å²) < 4.78 is 23.7. The Bertz CT molecular complexity index is 822. The van der Waals surface area contributed by atoms with Crippen LogP contribution in [0.5, 0.6) is 5.75 Å². The lowest BCUT2D eigenvalue weighted by atomic mass is 10.0. The highest BCUT2D eigenvalue weighted by molar-refractivity contribution is 5.89. The molecular weight excluding hydrogens is 431 g/mol. The molecule has 186 valence electrons. The molecule has 1 rings (SSSR count). The number of methoxy groups -OCH3 is 1. The van der Waals surface area contributed by atoms with Gasteiger partial charge in [-0.15, -0.1) is 0 Å². The Morgan fingerprint density at radius 2 is 1.79 bits per heavy atom. The van der Waals surface area contributed by atoms with Gasteiger partial charge in [-0.1, -0.05) is 31.5 Å². The summed E-state index contributed by atoms with van der Waals surface area (Å²) in [6.45, 7) is 9.26. The molecule has 0 aliphatic carbocycles. The molecule has 0 aliphatic heterocycles. The van der Waals surface area contributed by atoms with Crippen molar-refractivity contribution in [2.75, 3.05) is 13.8 Å². The lowest BCUT2D eigenvalue weighted by Gasteiger charge is -2.28. The van der Waals surface area contributed by atoms with Gasteiger partial charge in [0, 0.05) is 5.56 Å². The monoisotopic (exact) mass is 468 g/mol. The molecule has 2 unspecified atom stereocenters. The normalized spacial score (nSPS) is 14.2. The number of amides is 2. The summed E-state index contributed by atoms with van der Waals surface area (Å²) in [7, 11) is 1.51. The molecule has 0 saturated carbocycles. The lowest BCUT2D eigenvalue weighted by Crippen LogP contribution is -2.55. The number of hydrogen-bond donors (Lipinski definition) is 3. The summed E-state index contributed by atoms with van der Waals surface area (Å²) in [6, 6.07) is 3.31. The van der Waals surface area contributed by atoms with Crippen molar-refractivity contribution in [3.8, 4) is 5.75 Å². The van der Waals surface area contributed by atoms with Crippen molar-refractivity contribution in [2.24, 2.45) is 5.92 Å². The van der Waals surface area contributed by atoms with Crippen LogP contribution in [0.1, 0.15) is 52.2 Å². The van der Waals surface area contributed by atoms with Gasteiger partial charge in [0.2, 0.25) is 11.8 Å². The number of aliphatic hydroxyl groups is 1. The molecule has 0 radical (unpaired) electrons. The van der Waals surface area contributed by atoms with Crippen molar-refractivity contribution in [3.63, 3.8) is 0 Å². The molecule has 2 amide bonds. The maximum Gasteiger partial charge on any atom is 0.308 e. The second-order valence-electron chi connectivity index (χ2n) is 9.41. The number of carbonyl (C=O) groups is 3. The van der Waals surface area contributed by atoms with Gasteiger partial charge in [-0.05, 0) is 39.7 Å². The topological polar surface area (TPSA) is 114 Å². The van der Waals surface area contributed by atoms with Gasteiger partial charge >= 0.3 is 5.97 Å². The van der Waals surface area contributed by atoms with Crippen molar-refractivity contribution in [3.05, 3.63) is 29.3 Å². The minimum Gasteiger partial charge on any atom is -0.496 e. The van der Waals surface area contributed by atoms with E-state index in [0.29, 0.717) is 11.3 Å². The predicted molar refractivity (Wildman–Crippen MR) is 123 cm³/mol. The van der Waals surface area contributed by atoms with E-state index in [9.17, 15) is 23.9 Å². The number of esters is 1. The molecule has 0 spiro atoms. The molecule has 3 atom stereocenters. The lowest BCUT2D eigenvalue weighted by molar-refractivity contribution is -0.156. The van der Waals surface area contributed by atoms with Crippen LogP contribution in [0.15, 0.2) is 18.2 Å². The quantitative estimate of drug-likeness (QED) is 0.429. The van der Waals surface area contributed by atoms with E-state index in [2.05, 4.69) is 10.6 Å². The summed E-state index contributed by atoms with van der Waals surface area (Å²) in [6.07, 6.45) is -2.01. The number of nitrogens with one attached hydrogen (secondary N) is 2. The molecule has 3 N–H and O–H groups in total. The van der Waals surface area contributed by atoms with Gasteiger partial charge in [0.15, 0.2) is 0 Å². The highest BCUT2D eigenvalue weighted by Gasteiger charge is 2.31. The molecule has 1 aromatic carbocycles. The SMILES string of the molecule is COc1ccc(C)cc1CC(=O)N[C@H](C(=O)NC(CC(=O)OC(C)(C)C)C(O)CF)C(C)C. The molecule has 0 fully saturated rings. The first-order valence-electron chi connectivity index (χ1n) is 11.0. The molecule has 0 saturated heterocycles. The minimum atomic E-state index is -1.60.